The number of halogens is 1. The van der Waals surface area contributed by atoms with E-state index in [1.807, 2.05) is 87.5 Å². The lowest BCUT2D eigenvalue weighted by Crippen LogP contribution is -2.41. The van der Waals surface area contributed by atoms with Gasteiger partial charge in [0.05, 0.1) is 22.1 Å². The zero-order valence-corrected chi connectivity index (χ0v) is 23.5. The van der Waals surface area contributed by atoms with E-state index in [2.05, 4.69) is 10.6 Å². The monoisotopic (exact) mass is 547 g/mol. The molecular weight excluding hydrogens is 514 g/mol. The van der Waals surface area contributed by atoms with Crippen LogP contribution in [0.1, 0.15) is 32.9 Å². The van der Waals surface area contributed by atoms with Crippen LogP contribution >= 0.6 is 11.6 Å². The number of anilines is 2. The number of hydrogen-bond acceptors (Lipinski definition) is 4. The van der Waals surface area contributed by atoms with Gasteiger partial charge in [0, 0.05) is 37.1 Å². The van der Waals surface area contributed by atoms with Gasteiger partial charge >= 0.3 is 6.03 Å². The first-order valence-electron chi connectivity index (χ1n) is 12.9. The van der Waals surface area contributed by atoms with Crippen LogP contribution in [0.3, 0.4) is 0 Å². The molecule has 0 aliphatic carbocycles. The second kappa shape index (κ2) is 12.3. The maximum atomic E-state index is 13.4. The molecule has 0 atom stereocenters. The Kier molecular flexibility index (Phi) is 8.89. The molecule has 204 valence electrons. The number of carbonyl (C=O) groups excluding carboxylic acids is 2. The third-order valence-corrected chi connectivity index (χ3v) is 6.57. The molecule has 0 fully saturated rings. The van der Waals surface area contributed by atoms with Crippen LogP contribution in [-0.2, 0) is 14.9 Å². The Morgan fingerprint density at radius 2 is 1.72 bits per heavy atom. The van der Waals surface area contributed by atoms with Gasteiger partial charge in [-0.2, -0.15) is 5.10 Å². The van der Waals surface area contributed by atoms with Crippen molar-refractivity contribution in [2.75, 3.05) is 37.4 Å². The highest BCUT2D eigenvalue weighted by molar-refractivity contribution is 6.32. The van der Waals surface area contributed by atoms with E-state index in [4.69, 9.17) is 21.4 Å². The first kappa shape index (κ1) is 28.1. The van der Waals surface area contributed by atoms with Crippen LogP contribution in [0.5, 0.6) is 0 Å². The number of urea groups is 1. The van der Waals surface area contributed by atoms with Crippen LogP contribution in [0.25, 0.3) is 16.5 Å². The summed E-state index contributed by atoms with van der Waals surface area (Å²) < 4.78 is 6.81. The van der Waals surface area contributed by atoms with Gasteiger partial charge in [0.2, 0.25) is 5.91 Å². The Labute approximate surface area is 233 Å². The van der Waals surface area contributed by atoms with Gasteiger partial charge in [-0.15, -0.1) is 0 Å². The Bertz CT molecular complexity index is 1460. The third-order valence-electron chi connectivity index (χ3n) is 6.26. The highest BCUT2D eigenvalue weighted by Gasteiger charge is 2.24. The quantitative estimate of drug-likeness (QED) is 0.235. The average molecular weight is 548 g/mol. The number of hydrogen-bond donors (Lipinski definition) is 2. The van der Waals surface area contributed by atoms with Gasteiger partial charge in [0.25, 0.3) is 0 Å². The molecule has 0 unspecified atom stereocenters. The first-order chi connectivity index (χ1) is 18.7. The maximum Gasteiger partial charge on any atom is 0.322 e. The van der Waals surface area contributed by atoms with Crippen molar-refractivity contribution in [2.24, 2.45) is 0 Å². The Morgan fingerprint density at radius 3 is 2.46 bits per heavy atom. The highest BCUT2D eigenvalue weighted by atomic mass is 35.5. The lowest BCUT2D eigenvalue weighted by atomic mass is 9.92. The lowest BCUT2D eigenvalue weighted by molar-refractivity contribution is -0.116. The fourth-order valence-corrected chi connectivity index (χ4v) is 4.40. The summed E-state index contributed by atoms with van der Waals surface area (Å²) in [6.45, 7) is 6.80. The van der Waals surface area contributed by atoms with Gasteiger partial charge in [0.15, 0.2) is 0 Å². The van der Waals surface area contributed by atoms with Crippen LogP contribution in [0.15, 0.2) is 72.8 Å². The summed E-state index contributed by atoms with van der Waals surface area (Å²) in [6, 6.07) is 22.3. The number of para-hydroxylation sites is 1. The minimum atomic E-state index is -0.368. The number of nitrogens with one attached hydrogen (secondary N) is 2. The highest BCUT2D eigenvalue weighted by Crippen LogP contribution is 2.29. The third kappa shape index (κ3) is 6.96. The predicted octanol–water partition coefficient (Wildman–Crippen LogP) is 6.49. The topological polar surface area (TPSA) is 88.5 Å². The Hall–Kier alpha value is -3.88. The number of carbonyl (C=O) groups is 2. The summed E-state index contributed by atoms with van der Waals surface area (Å²) in [6.07, 6.45) is 0.582. The van der Waals surface area contributed by atoms with Crippen LogP contribution < -0.4 is 10.6 Å². The van der Waals surface area contributed by atoms with Crippen LogP contribution in [-0.4, -0.2) is 53.4 Å². The molecule has 2 N–H and O–H groups in total. The minimum Gasteiger partial charge on any atom is -0.385 e. The standard InChI is InChI=1S/C30H34ClN5O3/c1-30(2,3)26-19-27(36(34-26)25-16-8-7-14-23(25)31)33-28(37)20-35(17-10-18-39-4)29(38)32-24-15-9-12-21-11-5-6-13-22(21)24/h5-9,11-16,19H,10,17-18,20H2,1-4H3,(H,32,38)(H,33,37). The van der Waals surface area contributed by atoms with Gasteiger partial charge in [-0.1, -0.05) is 80.9 Å². The van der Waals surface area contributed by atoms with E-state index >= 15 is 0 Å². The van der Waals surface area contributed by atoms with E-state index in [-0.39, 0.29) is 23.9 Å². The van der Waals surface area contributed by atoms with E-state index in [0.717, 1.165) is 16.5 Å². The van der Waals surface area contributed by atoms with Crippen molar-refractivity contribution in [3.05, 3.63) is 83.5 Å². The van der Waals surface area contributed by atoms with Crippen LogP contribution in [0.2, 0.25) is 5.02 Å². The summed E-state index contributed by atoms with van der Waals surface area (Å²) in [4.78, 5) is 28.2. The molecule has 0 bridgehead atoms. The fourth-order valence-electron chi connectivity index (χ4n) is 4.18. The molecule has 3 aromatic carbocycles. The van der Waals surface area contributed by atoms with Gasteiger partial charge < -0.3 is 20.3 Å². The SMILES string of the molecule is COCCCN(CC(=O)Nc1cc(C(C)(C)C)nn1-c1ccccc1Cl)C(=O)Nc1cccc2ccccc12. The second-order valence-electron chi connectivity index (χ2n) is 10.3. The van der Waals surface area contributed by atoms with Gasteiger partial charge in [0.1, 0.15) is 12.4 Å². The van der Waals surface area contributed by atoms with Crippen molar-refractivity contribution in [1.29, 1.82) is 0 Å². The summed E-state index contributed by atoms with van der Waals surface area (Å²) in [7, 11) is 1.61. The molecule has 1 aromatic heterocycles. The molecule has 0 saturated carbocycles. The molecule has 0 aliphatic heterocycles. The van der Waals surface area contributed by atoms with Crippen LogP contribution in [0, 0.1) is 0 Å². The molecule has 39 heavy (non-hydrogen) atoms. The van der Waals surface area contributed by atoms with E-state index < -0.39 is 0 Å². The molecule has 1 heterocycles. The van der Waals surface area contributed by atoms with Crippen molar-refractivity contribution in [3.8, 4) is 5.69 Å². The lowest BCUT2D eigenvalue weighted by Gasteiger charge is -2.23. The number of benzene rings is 3. The Morgan fingerprint density at radius 1 is 1.00 bits per heavy atom. The molecule has 3 amide bonds. The zero-order chi connectivity index (χ0) is 28.0. The van der Waals surface area contributed by atoms with Crippen molar-refractivity contribution >= 4 is 45.8 Å². The number of nitrogens with zero attached hydrogens (tertiary/aromatic N) is 3. The number of methoxy groups -OCH3 is 1. The molecule has 0 radical (unpaired) electrons. The number of ether oxygens (including phenoxy) is 1. The van der Waals surface area contributed by atoms with E-state index in [1.54, 1.807) is 17.9 Å². The molecule has 0 aliphatic rings. The van der Waals surface area contributed by atoms with E-state index in [0.29, 0.717) is 41.8 Å². The number of rotatable bonds is 9. The van der Waals surface area contributed by atoms with Crippen molar-refractivity contribution in [3.63, 3.8) is 0 Å². The molecule has 9 heteroatoms. The van der Waals surface area contributed by atoms with Gasteiger partial charge in [-0.25, -0.2) is 9.48 Å². The summed E-state index contributed by atoms with van der Waals surface area (Å²) in [5.74, 6) is 0.124. The molecule has 0 spiro atoms. The van der Waals surface area contributed by atoms with Crippen molar-refractivity contribution < 1.29 is 14.3 Å². The Balaban J connectivity index is 1.56. The average Bonchev–Trinajstić information content (AvgIpc) is 3.32. The summed E-state index contributed by atoms with van der Waals surface area (Å²) in [5, 5.41) is 13.1. The zero-order valence-electron chi connectivity index (χ0n) is 22.7. The summed E-state index contributed by atoms with van der Waals surface area (Å²) in [5.41, 5.74) is 1.87. The number of amides is 3. The predicted molar refractivity (Wildman–Crippen MR) is 157 cm³/mol. The molecule has 0 saturated heterocycles. The first-order valence-corrected chi connectivity index (χ1v) is 13.2. The smallest absolute Gasteiger partial charge is 0.322 e. The molecule has 4 aromatic rings. The fraction of sp³-hybridized carbons (Fsp3) is 0.300. The van der Waals surface area contributed by atoms with Crippen LogP contribution in [0.4, 0.5) is 16.3 Å². The molecule has 8 nitrogen and oxygen atoms in total. The minimum absolute atomic E-state index is 0.154. The summed E-state index contributed by atoms with van der Waals surface area (Å²) >= 11 is 6.46. The molecular formula is C30H34ClN5O3. The van der Waals surface area contributed by atoms with Gasteiger partial charge in [-0.3, -0.25) is 4.79 Å². The molecule has 4 rings (SSSR count). The van der Waals surface area contributed by atoms with E-state index in [9.17, 15) is 9.59 Å². The van der Waals surface area contributed by atoms with Crippen molar-refractivity contribution in [1.82, 2.24) is 14.7 Å². The second-order valence-corrected chi connectivity index (χ2v) is 10.7. The van der Waals surface area contributed by atoms with E-state index in [1.165, 1.54) is 4.90 Å². The largest absolute Gasteiger partial charge is 0.385 e. The normalized spacial score (nSPS) is 11.4. The van der Waals surface area contributed by atoms with Gasteiger partial charge in [-0.05, 0) is 30.0 Å². The van der Waals surface area contributed by atoms with Crippen molar-refractivity contribution in [2.45, 2.75) is 32.6 Å². The maximum absolute atomic E-state index is 13.4. The number of fused-ring (bicyclic) bond motifs is 1. The number of aromatic nitrogens is 2.